The first-order valence-corrected chi connectivity index (χ1v) is 4.40. The van der Waals surface area contributed by atoms with Crippen LogP contribution in [-0.4, -0.2) is 26.3 Å². The Morgan fingerprint density at radius 3 is 2.50 bits per heavy atom. The standard InChI is InChI=1S/C9H16O3/c1-11-8-6-4-3-5-7(8)9(10)12-2/h7-8H,3-6H2,1-2H3/t7-,8-/m1/s1. The van der Waals surface area contributed by atoms with Crippen LogP contribution >= 0.6 is 0 Å². The summed E-state index contributed by atoms with van der Waals surface area (Å²) in [7, 11) is 3.09. The van der Waals surface area contributed by atoms with Crippen molar-refractivity contribution in [3.63, 3.8) is 0 Å². The predicted molar refractivity (Wildman–Crippen MR) is 44.8 cm³/mol. The Morgan fingerprint density at radius 2 is 1.92 bits per heavy atom. The van der Waals surface area contributed by atoms with Crippen LogP contribution in [0.4, 0.5) is 0 Å². The summed E-state index contributed by atoms with van der Waals surface area (Å²) < 4.78 is 9.93. The summed E-state index contributed by atoms with van der Waals surface area (Å²) in [5, 5.41) is 0. The van der Waals surface area contributed by atoms with Gasteiger partial charge in [0, 0.05) is 7.11 Å². The van der Waals surface area contributed by atoms with Crippen LogP contribution in [0.25, 0.3) is 0 Å². The summed E-state index contributed by atoms with van der Waals surface area (Å²) in [5.74, 6) is -0.157. The van der Waals surface area contributed by atoms with Crippen LogP contribution in [0.15, 0.2) is 0 Å². The van der Waals surface area contributed by atoms with Gasteiger partial charge in [0.1, 0.15) is 0 Å². The largest absolute Gasteiger partial charge is 0.469 e. The van der Waals surface area contributed by atoms with Crippen molar-refractivity contribution in [1.29, 1.82) is 0 Å². The van der Waals surface area contributed by atoms with Gasteiger partial charge in [0.2, 0.25) is 0 Å². The van der Waals surface area contributed by atoms with Crippen LogP contribution in [-0.2, 0) is 14.3 Å². The number of carbonyl (C=O) groups excluding carboxylic acids is 1. The Hall–Kier alpha value is -0.570. The molecule has 0 aromatic carbocycles. The first-order chi connectivity index (χ1) is 5.79. The Morgan fingerprint density at radius 1 is 1.25 bits per heavy atom. The van der Waals surface area contributed by atoms with E-state index in [1.54, 1.807) is 7.11 Å². The third-order valence-corrected chi connectivity index (χ3v) is 2.51. The van der Waals surface area contributed by atoms with Crippen LogP contribution in [0, 0.1) is 5.92 Å². The molecule has 70 valence electrons. The summed E-state index contributed by atoms with van der Waals surface area (Å²) in [6, 6.07) is 0. The molecule has 0 radical (unpaired) electrons. The average molecular weight is 172 g/mol. The second-order valence-electron chi connectivity index (χ2n) is 3.19. The van der Waals surface area contributed by atoms with Crippen LogP contribution in [0.5, 0.6) is 0 Å². The minimum absolute atomic E-state index is 0.0336. The van der Waals surface area contributed by atoms with E-state index < -0.39 is 0 Å². The molecule has 0 bridgehead atoms. The molecule has 0 heterocycles. The Labute approximate surface area is 73.0 Å². The van der Waals surface area contributed by atoms with Gasteiger partial charge in [0.25, 0.3) is 0 Å². The normalized spacial score (nSPS) is 29.8. The fraction of sp³-hybridized carbons (Fsp3) is 0.889. The zero-order valence-electron chi connectivity index (χ0n) is 7.71. The lowest BCUT2D eigenvalue weighted by molar-refractivity contribution is -0.152. The van der Waals surface area contributed by atoms with Gasteiger partial charge in [-0.3, -0.25) is 4.79 Å². The van der Waals surface area contributed by atoms with Gasteiger partial charge in [-0.05, 0) is 12.8 Å². The van der Waals surface area contributed by atoms with Gasteiger partial charge in [-0.2, -0.15) is 0 Å². The Balaban J connectivity index is 2.52. The molecule has 3 nitrogen and oxygen atoms in total. The maximum Gasteiger partial charge on any atom is 0.311 e. The highest BCUT2D eigenvalue weighted by molar-refractivity contribution is 5.73. The second-order valence-corrected chi connectivity index (χ2v) is 3.19. The van der Waals surface area contributed by atoms with Crippen LogP contribution in [0.1, 0.15) is 25.7 Å². The van der Waals surface area contributed by atoms with Crippen LogP contribution in [0.2, 0.25) is 0 Å². The highest BCUT2D eigenvalue weighted by Gasteiger charge is 2.31. The average Bonchev–Trinajstić information content (AvgIpc) is 2.16. The monoisotopic (exact) mass is 172 g/mol. The summed E-state index contributed by atoms with van der Waals surface area (Å²) in [6.45, 7) is 0. The molecule has 1 aliphatic rings. The molecule has 0 spiro atoms. The molecule has 0 aromatic rings. The molecule has 0 saturated heterocycles. The van der Waals surface area contributed by atoms with Crippen molar-refractivity contribution in [2.75, 3.05) is 14.2 Å². The molecule has 0 N–H and O–H groups in total. The zero-order chi connectivity index (χ0) is 8.97. The van der Waals surface area contributed by atoms with Crippen molar-refractivity contribution in [3.8, 4) is 0 Å². The molecule has 1 saturated carbocycles. The quantitative estimate of drug-likeness (QED) is 0.590. The number of hydrogen-bond donors (Lipinski definition) is 0. The first kappa shape index (κ1) is 9.52. The summed E-state index contributed by atoms with van der Waals surface area (Å²) in [4.78, 5) is 11.2. The lowest BCUT2D eigenvalue weighted by Crippen LogP contribution is -2.33. The lowest BCUT2D eigenvalue weighted by atomic mass is 9.86. The van der Waals surface area contributed by atoms with E-state index in [0.717, 1.165) is 25.7 Å². The third-order valence-electron chi connectivity index (χ3n) is 2.51. The van der Waals surface area contributed by atoms with Gasteiger partial charge in [-0.15, -0.1) is 0 Å². The minimum atomic E-state index is -0.124. The molecule has 0 aliphatic heterocycles. The number of rotatable bonds is 2. The summed E-state index contributed by atoms with van der Waals surface area (Å²) in [5.41, 5.74) is 0. The van der Waals surface area contributed by atoms with Crippen molar-refractivity contribution in [2.24, 2.45) is 5.92 Å². The highest BCUT2D eigenvalue weighted by Crippen LogP contribution is 2.27. The maximum atomic E-state index is 11.2. The minimum Gasteiger partial charge on any atom is -0.469 e. The number of hydrogen-bond acceptors (Lipinski definition) is 3. The molecular formula is C9H16O3. The smallest absolute Gasteiger partial charge is 0.311 e. The van der Waals surface area contributed by atoms with E-state index in [2.05, 4.69) is 0 Å². The first-order valence-electron chi connectivity index (χ1n) is 4.40. The molecule has 0 amide bonds. The lowest BCUT2D eigenvalue weighted by Gasteiger charge is -2.27. The summed E-state index contributed by atoms with van der Waals surface area (Å²) >= 11 is 0. The fourth-order valence-corrected chi connectivity index (χ4v) is 1.80. The van der Waals surface area contributed by atoms with Gasteiger partial charge < -0.3 is 9.47 Å². The van der Waals surface area contributed by atoms with Gasteiger partial charge in [0.05, 0.1) is 19.1 Å². The number of esters is 1. The SMILES string of the molecule is COC(=O)[C@@H]1CCCC[C@H]1OC. The van der Waals surface area contributed by atoms with Crippen LogP contribution in [0.3, 0.4) is 0 Å². The molecule has 1 rings (SSSR count). The zero-order valence-corrected chi connectivity index (χ0v) is 7.71. The van der Waals surface area contributed by atoms with E-state index in [4.69, 9.17) is 9.47 Å². The van der Waals surface area contributed by atoms with Crippen LogP contribution < -0.4 is 0 Å². The van der Waals surface area contributed by atoms with Crippen molar-refractivity contribution >= 4 is 5.97 Å². The maximum absolute atomic E-state index is 11.2. The topological polar surface area (TPSA) is 35.5 Å². The second kappa shape index (κ2) is 4.45. The van der Waals surface area contributed by atoms with Gasteiger partial charge in [-0.1, -0.05) is 12.8 Å². The van der Waals surface area contributed by atoms with E-state index >= 15 is 0 Å². The van der Waals surface area contributed by atoms with E-state index in [1.165, 1.54) is 7.11 Å². The van der Waals surface area contributed by atoms with Crippen molar-refractivity contribution in [2.45, 2.75) is 31.8 Å². The number of methoxy groups -OCH3 is 2. The fourth-order valence-electron chi connectivity index (χ4n) is 1.80. The molecule has 0 unspecified atom stereocenters. The van der Waals surface area contributed by atoms with Gasteiger partial charge in [0.15, 0.2) is 0 Å². The molecular weight excluding hydrogens is 156 g/mol. The molecule has 0 aromatic heterocycles. The predicted octanol–water partition coefficient (Wildman–Crippen LogP) is 1.36. The van der Waals surface area contributed by atoms with Crippen molar-refractivity contribution in [3.05, 3.63) is 0 Å². The highest BCUT2D eigenvalue weighted by atomic mass is 16.5. The molecule has 12 heavy (non-hydrogen) atoms. The molecule has 1 aliphatic carbocycles. The van der Waals surface area contributed by atoms with E-state index in [9.17, 15) is 4.79 Å². The Kier molecular flexibility index (Phi) is 3.53. The van der Waals surface area contributed by atoms with E-state index in [-0.39, 0.29) is 18.0 Å². The molecule has 3 heteroatoms. The number of ether oxygens (including phenoxy) is 2. The molecule has 1 fully saturated rings. The third kappa shape index (κ3) is 1.97. The van der Waals surface area contributed by atoms with E-state index in [1.807, 2.05) is 0 Å². The number of carbonyl (C=O) groups is 1. The molecule has 2 atom stereocenters. The van der Waals surface area contributed by atoms with Crippen molar-refractivity contribution < 1.29 is 14.3 Å². The summed E-state index contributed by atoms with van der Waals surface area (Å²) in [6.07, 6.45) is 4.23. The van der Waals surface area contributed by atoms with E-state index in [0.29, 0.717) is 0 Å². The van der Waals surface area contributed by atoms with Crippen molar-refractivity contribution in [1.82, 2.24) is 0 Å². The van der Waals surface area contributed by atoms with Gasteiger partial charge in [-0.25, -0.2) is 0 Å². The van der Waals surface area contributed by atoms with Gasteiger partial charge >= 0.3 is 5.97 Å². The Bertz CT molecular complexity index is 156.